The van der Waals surface area contributed by atoms with E-state index in [9.17, 15) is 0 Å². The van der Waals surface area contributed by atoms with Gasteiger partial charge >= 0.3 is 0 Å². The molecule has 0 atom stereocenters. The number of rotatable bonds is 5. The van der Waals surface area contributed by atoms with Crippen LogP contribution in [0.1, 0.15) is 22.3 Å². The maximum absolute atomic E-state index is 6.22. The van der Waals surface area contributed by atoms with E-state index in [0.29, 0.717) is 17.5 Å². The van der Waals surface area contributed by atoms with Crippen LogP contribution in [0.4, 0.5) is 0 Å². The SMILES string of the molecule is c1ccc(-c2nc(-c3ccc(-c4ccc5c(c4)oc4ccccc45)cc3)nc(-c3ccccc3-c3ccc4c(c3)C3(c5ccccc5-c5ccccc53)c3ccccc3-4)n2)cc1. The molecule has 0 saturated carbocycles. The van der Waals surface area contributed by atoms with Gasteiger partial charge in [0.05, 0.1) is 5.41 Å². The minimum atomic E-state index is -0.436. The van der Waals surface area contributed by atoms with Crippen molar-refractivity contribution in [2.75, 3.05) is 0 Å². The molecule has 0 N–H and O–H groups in total. The summed E-state index contributed by atoms with van der Waals surface area (Å²) in [6.45, 7) is 0. The van der Waals surface area contributed by atoms with Crippen LogP contribution in [-0.2, 0) is 5.41 Å². The largest absolute Gasteiger partial charge is 0.456 e. The van der Waals surface area contributed by atoms with Gasteiger partial charge in [0.25, 0.3) is 0 Å². The van der Waals surface area contributed by atoms with Gasteiger partial charge in [-0.25, -0.2) is 15.0 Å². The van der Waals surface area contributed by atoms with E-state index in [2.05, 4.69) is 176 Å². The van der Waals surface area contributed by atoms with Crippen molar-refractivity contribution in [3.05, 3.63) is 235 Å². The number of nitrogens with zero attached hydrogens (tertiary/aromatic N) is 3. The first-order chi connectivity index (χ1) is 30.7. The van der Waals surface area contributed by atoms with Gasteiger partial charge in [-0.3, -0.25) is 0 Å². The summed E-state index contributed by atoms with van der Waals surface area (Å²) in [6, 6.07) is 75.7. The molecule has 2 aliphatic carbocycles. The van der Waals surface area contributed by atoms with E-state index in [0.717, 1.165) is 60.9 Å². The van der Waals surface area contributed by atoms with Crippen LogP contribution in [0.3, 0.4) is 0 Å². The number of hydrogen-bond acceptors (Lipinski definition) is 4. The summed E-state index contributed by atoms with van der Waals surface area (Å²) in [5.41, 5.74) is 18.9. The molecule has 2 heterocycles. The fraction of sp³-hybridized carbons (Fsp3) is 0.0172. The Morgan fingerprint density at radius 1 is 0.274 bits per heavy atom. The Hall–Kier alpha value is -8.21. The fourth-order valence-electron chi connectivity index (χ4n) is 10.3. The molecule has 0 radical (unpaired) electrons. The zero-order chi connectivity index (χ0) is 40.8. The monoisotopic (exact) mass is 789 g/mol. The number of hydrogen-bond donors (Lipinski definition) is 0. The molecule has 0 amide bonds. The van der Waals surface area contributed by atoms with Gasteiger partial charge in [-0.1, -0.05) is 188 Å². The first-order valence-corrected chi connectivity index (χ1v) is 21.1. The van der Waals surface area contributed by atoms with Crippen LogP contribution >= 0.6 is 0 Å². The maximum atomic E-state index is 6.22. The van der Waals surface area contributed by atoms with Gasteiger partial charge in [-0.15, -0.1) is 0 Å². The lowest BCUT2D eigenvalue weighted by atomic mass is 9.70. The number of aromatic nitrogens is 3. The van der Waals surface area contributed by atoms with Crippen molar-refractivity contribution in [3.63, 3.8) is 0 Å². The maximum Gasteiger partial charge on any atom is 0.164 e. The molecule has 1 spiro atoms. The molecule has 13 rings (SSSR count). The summed E-state index contributed by atoms with van der Waals surface area (Å²) < 4.78 is 6.22. The third-order valence-electron chi connectivity index (χ3n) is 13.0. The molecule has 4 heteroatoms. The van der Waals surface area contributed by atoms with Crippen molar-refractivity contribution in [2.24, 2.45) is 0 Å². The average molecular weight is 790 g/mol. The normalized spacial score (nSPS) is 13.0. The zero-order valence-corrected chi connectivity index (χ0v) is 33.5. The highest BCUT2D eigenvalue weighted by molar-refractivity contribution is 6.06. The summed E-state index contributed by atoms with van der Waals surface area (Å²) in [5, 5.41) is 2.24. The second-order valence-electron chi connectivity index (χ2n) is 16.3. The number of para-hydroxylation sites is 1. The molecule has 62 heavy (non-hydrogen) atoms. The van der Waals surface area contributed by atoms with Gasteiger partial charge in [0.15, 0.2) is 17.5 Å². The summed E-state index contributed by atoms with van der Waals surface area (Å²) in [6.07, 6.45) is 0. The number of fused-ring (bicyclic) bond motifs is 13. The van der Waals surface area contributed by atoms with E-state index in [1.807, 2.05) is 36.4 Å². The van der Waals surface area contributed by atoms with Gasteiger partial charge in [-0.05, 0) is 91.0 Å². The Kier molecular flexibility index (Phi) is 7.49. The van der Waals surface area contributed by atoms with Crippen LogP contribution in [0, 0.1) is 0 Å². The van der Waals surface area contributed by atoms with Gasteiger partial charge in [0, 0.05) is 27.5 Å². The highest BCUT2D eigenvalue weighted by Crippen LogP contribution is 2.63. The van der Waals surface area contributed by atoms with Crippen LogP contribution in [-0.4, -0.2) is 15.0 Å². The molecule has 288 valence electrons. The van der Waals surface area contributed by atoms with Crippen LogP contribution < -0.4 is 0 Å². The summed E-state index contributed by atoms with van der Waals surface area (Å²) in [4.78, 5) is 15.5. The number of benzene rings is 9. The molecule has 0 fully saturated rings. The molecule has 2 aliphatic rings. The first kappa shape index (κ1) is 34.6. The van der Waals surface area contributed by atoms with Gasteiger partial charge in [0.2, 0.25) is 0 Å². The smallest absolute Gasteiger partial charge is 0.164 e. The van der Waals surface area contributed by atoms with Crippen LogP contribution in [0.5, 0.6) is 0 Å². The highest BCUT2D eigenvalue weighted by Gasteiger charge is 2.51. The lowest BCUT2D eigenvalue weighted by Crippen LogP contribution is -2.25. The van der Waals surface area contributed by atoms with Crippen LogP contribution in [0.15, 0.2) is 217 Å². The zero-order valence-electron chi connectivity index (χ0n) is 33.5. The van der Waals surface area contributed by atoms with E-state index in [1.54, 1.807) is 0 Å². The summed E-state index contributed by atoms with van der Waals surface area (Å²) in [7, 11) is 0. The number of furan rings is 1. The van der Waals surface area contributed by atoms with Crippen LogP contribution in [0.25, 0.3) is 101 Å². The van der Waals surface area contributed by atoms with E-state index < -0.39 is 5.41 Å². The van der Waals surface area contributed by atoms with Gasteiger partial charge in [0.1, 0.15) is 11.2 Å². The molecule has 11 aromatic rings. The lowest BCUT2D eigenvalue weighted by molar-refractivity contribution is 0.669. The van der Waals surface area contributed by atoms with Crippen molar-refractivity contribution < 1.29 is 4.42 Å². The van der Waals surface area contributed by atoms with E-state index in [4.69, 9.17) is 19.4 Å². The summed E-state index contributed by atoms with van der Waals surface area (Å²) in [5.74, 6) is 1.87. The third kappa shape index (κ3) is 5.04. The molecule has 0 aliphatic heterocycles. The van der Waals surface area contributed by atoms with E-state index in [1.165, 1.54) is 44.5 Å². The van der Waals surface area contributed by atoms with Crippen molar-refractivity contribution in [2.45, 2.75) is 5.41 Å². The predicted molar refractivity (Wildman–Crippen MR) is 251 cm³/mol. The molecule has 0 unspecified atom stereocenters. The Balaban J connectivity index is 0.948. The van der Waals surface area contributed by atoms with Crippen molar-refractivity contribution >= 4 is 21.9 Å². The average Bonchev–Trinajstić information content (AvgIpc) is 3.98. The second-order valence-corrected chi connectivity index (χ2v) is 16.3. The van der Waals surface area contributed by atoms with Crippen molar-refractivity contribution in [1.82, 2.24) is 15.0 Å². The minimum Gasteiger partial charge on any atom is -0.456 e. The molecule has 9 aromatic carbocycles. The standard InChI is InChI=1S/C58H35N3O/c1-2-14-37(15-3-1)55-59-56(38-28-26-36(27-29-38)39-30-33-47-46-20-9-13-25-53(46)62-54(47)35-39)61-57(60-55)48-21-5-4-16-41(48)40-31-32-45-44-19-8-12-24-51(44)58(52(45)34-40)49-22-10-6-17-42(49)43-18-7-11-23-50(43)58/h1-35H. The Labute approximate surface area is 358 Å². The van der Waals surface area contributed by atoms with Gasteiger partial charge in [-0.2, -0.15) is 0 Å². The van der Waals surface area contributed by atoms with Crippen molar-refractivity contribution in [1.29, 1.82) is 0 Å². The molecule has 0 saturated heterocycles. The Morgan fingerprint density at radius 2 is 0.742 bits per heavy atom. The molecular weight excluding hydrogens is 755 g/mol. The minimum absolute atomic E-state index is 0.436. The Bertz CT molecular complexity index is 3520. The quantitative estimate of drug-likeness (QED) is 0.174. The topological polar surface area (TPSA) is 51.8 Å². The predicted octanol–water partition coefficient (Wildman–Crippen LogP) is 14.4. The third-order valence-corrected chi connectivity index (χ3v) is 13.0. The summed E-state index contributed by atoms with van der Waals surface area (Å²) >= 11 is 0. The lowest BCUT2D eigenvalue weighted by Gasteiger charge is -2.30. The van der Waals surface area contributed by atoms with Crippen LogP contribution in [0.2, 0.25) is 0 Å². The fourth-order valence-corrected chi connectivity index (χ4v) is 10.3. The Morgan fingerprint density at radius 3 is 1.42 bits per heavy atom. The van der Waals surface area contributed by atoms with E-state index in [-0.39, 0.29) is 0 Å². The molecular formula is C58H35N3O. The molecule has 4 nitrogen and oxygen atoms in total. The van der Waals surface area contributed by atoms with Crippen molar-refractivity contribution in [3.8, 4) is 78.7 Å². The molecule has 0 bridgehead atoms. The van der Waals surface area contributed by atoms with E-state index >= 15 is 0 Å². The molecule has 2 aromatic heterocycles. The highest BCUT2D eigenvalue weighted by atomic mass is 16.3. The first-order valence-electron chi connectivity index (χ1n) is 21.1. The second kappa shape index (κ2) is 13.4. The van der Waals surface area contributed by atoms with Gasteiger partial charge < -0.3 is 4.42 Å².